The van der Waals surface area contributed by atoms with E-state index in [9.17, 15) is 0 Å². The summed E-state index contributed by atoms with van der Waals surface area (Å²) < 4.78 is 0. The molecule has 2 unspecified atom stereocenters. The molecule has 0 aliphatic carbocycles. The molecule has 0 radical (unpaired) electrons. The topological polar surface area (TPSA) is 61.5 Å². The molecule has 1 fully saturated rings. The summed E-state index contributed by atoms with van der Waals surface area (Å²) in [6, 6.07) is 7.69. The lowest BCUT2D eigenvalue weighted by atomic mass is 9.98. The van der Waals surface area contributed by atoms with Crippen molar-refractivity contribution in [3.8, 4) is 0 Å². The molecule has 0 bridgehead atoms. The summed E-state index contributed by atoms with van der Waals surface area (Å²) in [5, 5.41) is 10.5. The molecule has 2 rings (SSSR count). The molecular weight excluding hydrogens is 274 g/mol. The highest BCUT2D eigenvalue weighted by Crippen LogP contribution is 2.21. The third kappa shape index (κ3) is 5.59. The first-order valence-electron chi connectivity index (χ1n) is 8.34. The first kappa shape index (κ1) is 18.9. The fourth-order valence-corrected chi connectivity index (χ4v) is 3.23. The highest BCUT2D eigenvalue weighted by molar-refractivity contribution is 5.48. The number of nitrogens with one attached hydrogen (secondary N) is 1. The van der Waals surface area contributed by atoms with Crippen LogP contribution in [0.3, 0.4) is 0 Å². The number of aliphatic hydroxyl groups is 1. The van der Waals surface area contributed by atoms with Crippen LogP contribution in [0.2, 0.25) is 0 Å². The number of rotatable bonds is 5. The lowest BCUT2D eigenvalue weighted by Crippen LogP contribution is -2.46. The van der Waals surface area contributed by atoms with Gasteiger partial charge in [-0.3, -0.25) is 4.90 Å². The molecule has 2 atom stereocenters. The second-order valence-electron chi connectivity index (χ2n) is 6.25. The Balaban J connectivity index is 0.00000116. The van der Waals surface area contributed by atoms with Crippen LogP contribution in [0.1, 0.15) is 44.2 Å². The summed E-state index contributed by atoms with van der Waals surface area (Å²) in [7, 11) is 1.00. The van der Waals surface area contributed by atoms with Gasteiger partial charge in [0.2, 0.25) is 0 Å². The number of nitrogens with zero attached hydrogens (tertiary/aromatic N) is 1. The molecular formula is C18H33N3O. The van der Waals surface area contributed by atoms with E-state index in [1.54, 1.807) is 0 Å². The van der Waals surface area contributed by atoms with Crippen molar-refractivity contribution in [1.82, 2.24) is 10.2 Å². The predicted molar refractivity (Wildman–Crippen MR) is 94.9 cm³/mol. The van der Waals surface area contributed by atoms with Gasteiger partial charge < -0.3 is 16.2 Å². The quantitative estimate of drug-likeness (QED) is 0.578. The first-order valence-corrected chi connectivity index (χ1v) is 8.34. The Morgan fingerprint density at radius 1 is 1.23 bits per heavy atom. The fraction of sp³-hybridized carbons (Fsp3) is 0.667. The zero-order valence-corrected chi connectivity index (χ0v) is 14.6. The minimum Gasteiger partial charge on any atom is -0.400 e. The normalized spacial score (nSPS) is 22.0. The first-order chi connectivity index (χ1) is 10.6. The molecule has 0 aromatic heterocycles. The number of benzene rings is 1. The van der Waals surface area contributed by atoms with Gasteiger partial charge in [-0.1, -0.05) is 24.1 Å². The Labute approximate surface area is 135 Å². The molecule has 1 aromatic carbocycles. The molecule has 0 saturated carbocycles. The second kappa shape index (κ2) is 9.82. The molecule has 22 heavy (non-hydrogen) atoms. The molecule has 126 valence electrons. The van der Waals surface area contributed by atoms with E-state index in [1.165, 1.54) is 30.4 Å². The van der Waals surface area contributed by atoms with Crippen molar-refractivity contribution in [3.63, 3.8) is 0 Å². The van der Waals surface area contributed by atoms with Crippen LogP contribution in [0.5, 0.6) is 0 Å². The van der Waals surface area contributed by atoms with Gasteiger partial charge in [0.15, 0.2) is 0 Å². The van der Waals surface area contributed by atoms with Crippen LogP contribution in [0, 0.1) is 6.92 Å². The van der Waals surface area contributed by atoms with Crippen molar-refractivity contribution in [2.45, 2.75) is 58.7 Å². The number of hydrogen-bond acceptors (Lipinski definition) is 4. The zero-order chi connectivity index (χ0) is 16.5. The van der Waals surface area contributed by atoms with Gasteiger partial charge in [-0.2, -0.15) is 0 Å². The highest BCUT2D eigenvalue weighted by atomic mass is 16.2. The van der Waals surface area contributed by atoms with Crippen molar-refractivity contribution >= 4 is 5.69 Å². The van der Waals surface area contributed by atoms with Crippen LogP contribution < -0.4 is 11.1 Å². The van der Waals surface area contributed by atoms with Gasteiger partial charge in [-0.25, -0.2) is 0 Å². The number of aliphatic hydroxyl groups excluding tert-OH is 1. The van der Waals surface area contributed by atoms with Crippen LogP contribution >= 0.6 is 0 Å². The lowest BCUT2D eigenvalue weighted by molar-refractivity contribution is 0.104. The molecule has 4 N–H and O–H groups in total. The van der Waals surface area contributed by atoms with Gasteiger partial charge in [0.1, 0.15) is 0 Å². The maximum Gasteiger partial charge on any atom is 0.0359 e. The van der Waals surface area contributed by atoms with E-state index in [0.717, 1.165) is 44.5 Å². The van der Waals surface area contributed by atoms with Gasteiger partial charge in [-0.15, -0.1) is 0 Å². The molecule has 1 aromatic rings. The Bertz CT molecular complexity index is 426. The smallest absolute Gasteiger partial charge is 0.0359 e. The molecule has 1 saturated heterocycles. The SMILES string of the molecule is CO.Cc1ccc(N)c(CNCCN2C(C)CCCC2C)c1. The van der Waals surface area contributed by atoms with Crippen molar-refractivity contribution in [3.05, 3.63) is 29.3 Å². The number of hydrogen-bond donors (Lipinski definition) is 3. The van der Waals surface area contributed by atoms with Crippen molar-refractivity contribution in [1.29, 1.82) is 0 Å². The zero-order valence-electron chi connectivity index (χ0n) is 14.6. The van der Waals surface area contributed by atoms with E-state index in [-0.39, 0.29) is 0 Å². The summed E-state index contributed by atoms with van der Waals surface area (Å²) in [4.78, 5) is 2.64. The van der Waals surface area contributed by atoms with Crippen LogP contribution in [0.4, 0.5) is 5.69 Å². The van der Waals surface area contributed by atoms with E-state index < -0.39 is 0 Å². The van der Waals surface area contributed by atoms with Gasteiger partial charge in [-0.05, 0) is 45.2 Å². The Hall–Kier alpha value is -1.10. The summed E-state index contributed by atoms with van der Waals surface area (Å²) >= 11 is 0. The van der Waals surface area contributed by atoms with Crippen LogP contribution in [0.15, 0.2) is 18.2 Å². The Morgan fingerprint density at radius 3 is 2.50 bits per heavy atom. The van der Waals surface area contributed by atoms with Gasteiger partial charge in [0, 0.05) is 44.5 Å². The van der Waals surface area contributed by atoms with Gasteiger partial charge in [0.05, 0.1) is 0 Å². The summed E-state index contributed by atoms with van der Waals surface area (Å²) in [6.07, 6.45) is 4.07. The van der Waals surface area contributed by atoms with E-state index in [2.05, 4.69) is 43.1 Å². The molecule has 1 heterocycles. The van der Waals surface area contributed by atoms with E-state index in [4.69, 9.17) is 10.8 Å². The number of anilines is 1. The number of nitrogen functional groups attached to an aromatic ring is 1. The highest BCUT2D eigenvalue weighted by Gasteiger charge is 2.23. The van der Waals surface area contributed by atoms with Crippen molar-refractivity contribution in [2.75, 3.05) is 25.9 Å². The molecule has 4 nitrogen and oxygen atoms in total. The van der Waals surface area contributed by atoms with Crippen LogP contribution in [-0.2, 0) is 6.54 Å². The predicted octanol–water partition coefficient (Wildman–Crippen LogP) is 2.54. The van der Waals surface area contributed by atoms with Crippen molar-refractivity contribution < 1.29 is 5.11 Å². The Morgan fingerprint density at radius 2 is 1.86 bits per heavy atom. The molecule has 1 aliphatic heterocycles. The second-order valence-corrected chi connectivity index (χ2v) is 6.25. The van der Waals surface area contributed by atoms with Gasteiger partial charge >= 0.3 is 0 Å². The number of nitrogens with two attached hydrogens (primary N) is 1. The fourth-order valence-electron chi connectivity index (χ4n) is 3.23. The standard InChI is InChI=1S/C17H29N3.CH4O/c1-13-7-8-17(18)16(11-13)12-19-9-10-20-14(2)5-4-6-15(20)3;1-2/h7-8,11,14-15,19H,4-6,9-10,12,18H2,1-3H3;2H,1H3. The van der Waals surface area contributed by atoms with E-state index in [0.29, 0.717) is 0 Å². The monoisotopic (exact) mass is 307 g/mol. The molecule has 1 aliphatic rings. The minimum absolute atomic E-state index is 0.726. The third-order valence-corrected chi connectivity index (χ3v) is 4.54. The number of piperidine rings is 1. The molecule has 4 heteroatoms. The van der Waals surface area contributed by atoms with E-state index in [1.807, 2.05) is 6.07 Å². The van der Waals surface area contributed by atoms with Crippen molar-refractivity contribution in [2.24, 2.45) is 0 Å². The molecule has 0 spiro atoms. The molecule has 0 amide bonds. The van der Waals surface area contributed by atoms with Gasteiger partial charge in [0.25, 0.3) is 0 Å². The summed E-state index contributed by atoms with van der Waals surface area (Å²) in [5.74, 6) is 0. The average molecular weight is 307 g/mol. The average Bonchev–Trinajstić information content (AvgIpc) is 2.51. The maximum atomic E-state index is 7.00. The van der Waals surface area contributed by atoms with Crippen LogP contribution in [-0.4, -0.2) is 42.3 Å². The Kier molecular flexibility index (Phi) is 8.46. The van der Waals surface area contributed by atoms with Crippen LogP contribution in [0.25, 0.3) is 0 Å². The summed E-state index contributed by atoms with van der Waals surface area (Å²) in [6.45, 7) is 9.85. The maximum absolute atomic E-state index is 7.00. The third-order valence-electron chi connectivity index (χ3n) is 4.54. The minimum atomic E-state index is 0.726. The largest absolute Gasteiger partial charge is 0.400 e. The number of likely N-dealkylation sites (tertiary alicyclic amines) is 1. The number of aryl methyl sites for hydroxylation is 1. The lowest BCUT2D eigenvalue weighted by Gasteiger charge is -2.39. The summed E-state index contributed by atoms with van der Waals surface area (Å²) in [5.41, 5.74) is 9.38. The van der Waals surface area contributed by atoms with E-state index >= 15 is 0 Å².